The number of aromatic nitrogens is 3. The molecule has 2 heterocycles. The lowest BCUT2D eigenvalue weighted by Crippen LogP contribution is -2.38. The summed E-state index contributed by atoms with van der Waals surface area (Å²) in [5.41, 5.74) is 2.82. The molecule has 7 nitrogen and oxygen atoms in total. The fourth-order valence-corrected chi connectivity index (χ4v) is 2.58. The summed E-state index contributed by atoms with van der Waals surface area (Å²) in [5.74, 6) is -0.347. The summed E-state index contributed by atoms with van der Waals surface area (Å²) in [4.78, 5) is 23.0. The molecule has 0 aliphatic heterocycles. The maximum absolute atomic E-state index is 11.6. The molecule has 4 N–H and O–H groups in total. The Kier molecular flexibility index (Phi) is 4.72. The first-order chi connectivity index (χ1) is 11.7. The molecule has 3 aromatic rings. The smallest absolute Gasteiger partial charge is 0.321 e. The van der Waals surface area contributed by atoms with E-state index in [9.17, 15) is 9.90 Å². The van der Waals surface area contributed by atoms with Gasteiger partial charge in [0.2, 0.25) is 5.95 Å². The third-order valence-electron chi connectivity index (χ3n) is 3.88. The van der Waals surface area contributed by atoms with Gasteiger partial charge in [0.15, 0.2) is 0 Å². The molecule has 0 amide bonds. The Morgan fingerprint density at radius 1 is 1.29 bits per heavy atom. The van der Waals surface area contributed by atoms with Crippen LogP contribution < -0.4 is 10.6 Å². The lowest BCUT2D eigenvalue weighted by Gasteiger charge is -2.14. The zero-order valence-electron chi connectivity index (χ0n) is 13.3. The number of nitrogens with zero attached hydrogens (tertiary/aromatic N) is 2. The van der Waals surface area contributed by atoms with Crippen LogP contribution in [0.2, 0.25) is 0 Å². The average Bonchev–Trinajstić information content (AvgIpc) is 3.02. The summed E-state index contributed by atoms with van der Waals surface area (Å²) in [5, 5.41) is 16.4. The second-order valence-corrected chi connectivity index (χ2v) is 5.50. The molecule has 1 aromatic carbocycles. The number of H-pyrrole nitrogens is 1. The quantitative estimate of drug-likeness (QED) is 0.528. The number of hydrogen-bond acceptors (Lipinski definition) is 5. The predicted molar refractivity (Wildman–Crippen MR) is 91.8 cm³/mol. The molecule has 0 fully saturated rings. The predicted octanol–water partition coefficient (Wildman–Crippen LogP) is 1.79. The van der Waals surface area contributed by atoms with Gasteiger partial charge < -0.3 is 15.4 Å². The number of para-hydroxylation sites is 1. The molecule has 0 radical (unpaired) electrons. The number of carboxylic acid groups (broad SMARTS) is 1. The first kappa shape index (κ1) is 15.9. The van der Waals surface area contributed by atoms with Crippen molar-refractivity contribution in [3.05, 3.63) is 54.0 Å². The normalized spacial score (nSPS) is 12.2. The molecular formula is C17H19N5O2. The van der Waals surface area contributed by atoms with Gasteiger partial charge in [-0.1, -0.05) is 18.2 Å². The SMILES string of the molecule is CNc1ncc(CN[C@H](Cc2c[nH]c3ccccc23)C(=O)O)cn1. The van der Waals surface area contributed by atoms with Crippen molar-refractivity contribution in [3.8, 4) is 0 Å². The molecule has 0 aliphatic rings. The Hall–Kier alpha value is -2.93. The van der Waals surface area contributed by atoms with Crippen LogP contribution in [0.4, 0.5) is 5.95 Å². The van der Waals surface area contributed by atoms with E-state index in [1.54, 1.807) is 19.4 Å². The number of carboxylic acids is 1. The first-order valence-corrected chi connectivity index (χ1v) is 7.67. The number of fused-ring (bicyclic) bond motifs is 1. The van der Waals surface area contributed by atoms with E-state index in [1.165, 1.54) is 0 Å². The van der Waals surface area contributed by atoms with E-state index in [2.05, 4.69) is 25.6 Å². The number of rotatable bonds is 7. The molecule has 0 aliphatic carbocycles. The van der Waals surface area contributed by atoms with Gasteiger partial charge in [-0.25, -0.2) is 9.97 Å². The van der Waals surface area contributed by atoms with Crippen molar-refractivity contribution < 1.29 is 9.90 Å². The molecule has 0 bridgehead atoms. The molecule has 24 heavy (non-hydrogen) atoms. The van der Waals surface area contributed by atoms with Gasteiger partial charge in [0.1, 0.15) is 6.04 Å². The van der Waals surface area contributed by atoms with E-state index in [-0.39, 0.29) is 0 Å². The maximum atomic E-state index is 11.6. The van der Waals surface area contributed by atoms with Gasteiger partial charge in [0, 0.05) is 55.1 Å². The van der Waals surface area contributed by atoms with Crippen LogP contribution in [-0.2, 0) is 17.8 Å². The summed E-state index contributed by atoms with van der Waals surface area (Å²) >= 11 is 0. The van der Waals surface area contributed by atoms with Crippen LogP contribution in [-0.4, -0.2) is 39.1 Å². The minimum absolute atomic E-state index is 0.392. The Balaban J connectivity index is 1.69. The average molecular weight is 325 g/mol. The third-order valence-corrected chi connectivity index (χ3v) is 3.88. The van der Waals surface area contributed by atoms with Crippen LogP contribution in [0.5, 0.6) is 0 Å². The molecule has 0 saturated heterocycles. The number of aromatic amines is 1. The van der Waals surface area contributed by atoms with Crippen molar-refractivity contribution >= 4 is 22.8 Å². The zero-order valence-corrected chi connectivity index (χ0v) is 13.3. The van der Waals surface area contributed by atoms with Crippen LogP contribution in [0.3, 0.4) is 0 Å². The number of benzene rings is 1. The summed E-state index contributed by atoms with van der Waals surface area (Å²) in [6, 6.07) is 7.18. The Bertz CT molecular complexity index is 828. The van der Waals surface area contributed by atoms with Gasteiger partial charge in [0.05, 0.1) is 0 Å². The third kappa shape index (κ3) is 3.52. The zero-order chi connectivity index (χ0) is 16.9. The number of carbonyl (C=O) groups is 1. The second kappa shape index (κ2) is 7.10. The molecular weight excluding hydrogens is 306 g/mol. The second-order valence-electron chi connectivity index (χ2n) is 5.50. The maximum Gasteiger partial charge on any atom is 0.321 e. The highest BCUT2D eigenvalue weighted by molar-refractivity contribution is 5.84. The molecule has 0 unspecified atom stereocenters. The van der Waals surface area contributed by atoms with Gasteiger partial charge in [-0.05, 0) is 11.6 Å². The molecule has 1 atom stereocenters. The summed E-state index contributed by atoms with van der Waals surface area (Å²) in [6.07, 6.45) is 5.62. The van der Waals surface area contributed by atoms with Gasteiger partial charge >= 0.3 is 5.97 Å². The fourth-order valence-electron chi connectivity index (χ4n) is 2.58. The Labute approximate surface area is 139 Å². The van der Waals surface area contributed by atoms with E-state index < -0.39 is 12.0 Å². The highest BCUT2D eigenvalue weighted by Gasteiger charge is 2.19. The molecule has 7 heteroatoms. The van der Waals surface area contributed by atoms with E-state index in [0.717, 1.165) is 22.0 Å². The van der Waals surface area contributed by atoms with Gasteiger partial charge in [-0.2, -0.15) is 0 Å². The summed E-state index contributed by atoms with van der Waals surface area (Å²) in [6.45, 7) is 0.392. The van der Waals surface area contributed by atoms with E-state index >= 15 is 0 Å². The van der Waals surface area contributed by atoms with Gasteiger partial charge in [0.25, 0.3) is 0 Å². The van der Waals surface area contributed by atoms with Crippen LogP contribution in [0, 0.1) is 0 Å². The van der Waals surface area contributed by atoms with Crippen LogP contribution in [0.15, 0.2) is 42.9 Å². The molecule has 0 spiro atoms. The Morgan fingerprint density at radius 3 is 2.75 bits per heavy atom. The monoisotopic (exact) mass is 325 g/mol. The minimum atomic E-state index is -0.881. The largest absolute Gasteiger partial charge is 0.480 e. The summed E-state index contributed by atoms with van der Waals surface area (Å²) < 4.78 is 0. The van der Waals surface area contributed by atoms with Crippen molar-refractivity contribution in [1.82, 2.24) is 20.3 Å². The topological polar surface area (TPSA) is 103 Å². The van der Waals surface area contributed by atoms with E-state index in [0.29, 0.717) is 18.9 Å². The lowest BCUT2D eigenvalue weighted by atomic mass is 10.0. The van der Waals surface area contributed by atoms with Crippen molar-refractivity contribution in [2.24, 2.45) is 0 Å². The highest BCUT2D eigenvalue weighted by Crippen LogP contribution is 2.19. The lowest BCUT2D eigenvalue weighted by molar-refractivity contribution is -0.139. The van der Waals surface area contributed by atoms with Gasteiger partial charge in [-0.3, -0.25) is 10.1 Å². The van der Waals surface area contributed by atoms with Crippen molar-refractivity contribution in [3.63, 3.8) is 0 Å². The molecule has 2 aromatic heterocycles. The number of anilines is 1. The van der Waals surface area contributed by atoms with Crippen molar-refractivity contribution in [2.45, 2.75) is 19.0 Å². The molecule has 124 valence electrons. The fraction of sp³-hybridized carbons (Fsp3) is 0.235. The minimum Gasteiger partial charge on any atom is -0.480 e. The summed E-state index contributed by atoms with van der Waals surface area (Å²) in [7, 11) is 1.74. The molecule has 3 rings (SSSR count). The van der Waals surface area contributed by atoms with Crippen molar-refractivity contribution in [2.75, 3.05) is 12.4 Å². The van der Waals surface area contributed by atoms with Crippen molar-refractivity contribution in [1.29, 1.82) is 0 Å². The molecule has 0 saturated carbocycles. The highest BCUT2D eigenvalue weighted by atomic mass is 16.4. The van der Waals surface area contributed by atoms with E-state index in [1.807, 2.05) is 30.5 Å². The number of hydrogen-bond donors (Lipinski definition) is 4. The van der Waals surface area contributed by atoms with Crippen LogP contribution >= 0.6 is 0 Å². The van der Waals surface area contributed by atoms with Crippen LogP contribution in [0.25, 0.3) is 10.9 Å². The first-order valence-electron chi connectivity index (χ1n) is 7.67. The van der Waals surface area contributed by atoms with E-state index in [4.69, 9.17) is 0 Å². The van der Waals surface area contributed by atoms with Gasteiger partial charge in [-0.15, -0.1) is 0 Å². The number of nitrogens with one attached hydrogen (secondary N) is 3. The van der Waals surface area contributed by atoms with Crippen LogP contribution in [0.1, 0.15) is 11.1 Å². The number of aliphatic carboxylic acids is 1. The Morgan fingerprint density at radius 2 is 2.04 bits per heavy atom. The standard InChI is InChI=1S/C17H19N5O2/c1-18-17-21-8-11(9-22-17)7-19-15(16(23)24)6-12-10-20-14-5-3-2-4-13(12)14/h2-5,8-10,15,19-20H,6-7H2,1H3,(H,23,24)(H,18,21,22)/t15-/m1/s1.